The summed E-state index contributed by atoms with van der Waals surface area (Å²) in [4.78, 5) is 38.8. The highest BCUT2D eigenvalue weighted by molar-refractivity contribution is 5.94. The summed E-state index contributed by atoms with van der Waals surface area (Å²) < 4.78 is 0. The van der Waals surface area contributed by atoms with Crippen LogP contribution in [0.5, 0.6) is 0 Å². The number of fused-ring (bicyclic) bond motifs is 1. The Labute approximate surface area is 212 Å². The lowest BCUT2D eigenvalue weighted by Gasteiger charge is -2.25. The summed E-state index contributed by atoms with van der Waals surface area (Å²) in [7, 11) is 0. The number of benzene rings is 2. The lowest BCUT2D eigenvalue weighted by molar-refractivity contribution is -0.142. The molecular formula is C29H33N3O4. The van der Waals surface area contributed by atoms with Gasteiger partial charge in [-0.3, -0.25) is 14.4 Å². The minimum absolute atomic E-state index is 0.0480. The molecule has 7 nitrogen and oxygen atoms in total. The number of likely N-dealkylation sites (tertiary alicyclic amines) is 1. The fraction of sp³-hybridized carbons (Fsp3) is 0.448. The molecular weight excluding hydrogens is 454 g/mol. The SMILES string of the molecule is N#CC1CCc2cc(C(=O)NCC[C@@H]3C[C@@H](CC(=O)O)C(=O)N3CCCc3ccccc3)ccc2C1. The van der Waals surface area contributed by atoms with Crippen molar-refractivity contribution in [2.45, 2.75) is 57.4 Å². The normalized spacial score (nSPS) is 21.0. The first kappa shape index (κ1) is 25.4. The molecule has 0 radical (unpaired) electrons. The van der Waals surface area contributed by atoms with E-state index >= 15 is 0 Å². The number of hydrogen-bond donors (Lipinski definition) is 2. The summed E-state index contributed by atoms with van der Waals surface area (Å²) in [6.45, 7) is 0.996. The first-order valence-corrected chi connectivity index (χ1v) is 12.8. The smallest absolute Gasteiger partial charge is 0.304 e. The van der Waals surface area contributed by atoms with E-state index in [1.54, 1.807) is 0 Å². The molecule has 1 saturated heterocycles. The Kier molecular flexibility index (Phi) is 8.37. The molecule has 0 aromatic heterocycles. The molecule has 2 aromatic carbocycles. The van der Waals surface area contributed by atoms with Gasteiger partial charge in [0, 0.05) is 24.7 Å². The van der Waals surface area contributed by atoms with Crippen LogP contribution in [0, 0.1) is 23.2 Å². The lowest BCUT2D eigenvalue weighted by atomic mass is 9.84. The van der Waals surface area contributed by atoms with E-state index in [2.05, 4.69) is 23.5 Å². The minimum atomic E-state index is -0.958. The molecule has 2 N–H and O–H groups in total. The zero-order chi connectivity index (χ0) is 25.5. The van der Waals surface area contributed by atoms with Crippen LogP contribution >= 0.6 is 0 Å². The zero-order valence-corrected chi connectivity index (χ0v) is 20.5. The maximum Gasteiger partial charge on any atom is 0.304 e. The topological polar surface area (TPSA) is 111 Å². The third-order valence-corrected chi connectivity index (χ3v) is 7.40. The number of carbonyl (C=O) groups excluding carboxylic acids is 2. The van der Waals surface area contributed by atoms with Crippen LogP contribution in [-0.4, -0.2) is 46.9 Å². The third kappa shape index (κ3) is 6.31. The van der Waals surface area contributed by atoms with Crippen LogP contribution in [0.4, 0.5) is 0 Å². The average molecular weight is 488 g/mol. The van der Waals surface area contributed by atoms with Gasteiger partial charge in [-0.05, 0) is 73.8 Å². The number of nitrogens with one attached hydrogen (secondary N) is 1. The number of amides is 2. The fourth-order valence-electron chi connectivity index (χ4n) is 5.48. The molecule has 1 fully saturated rings. The Morgan fingerprint density at radius 1 is 1.14 bits per heavy atom. The third-order valence-electron chi connectivity index (χ3n) is 7.40. The summed E-state index contributed by atoms with van der Waals surface area (Å²) in [5, 5.41) is 21.4. The molecule has 4 rings (SSSR count). The molecule has 1 aliphatic carbocycles. The summed E-state index contributed by atoms with van der Waals surface area (Å²) >= 11 is 0. The predicted molar refractivity (Wildman–Crippen MR) is 135 cm³/mol. The van der Waals surface area contributed by atoms with Gasteiger partial charge in [0.2, 0.25) is 5.91 Å². The van der Waals surface area contributed by atoms with Crippen LogP contribution in [0.1, 0.15) is 59.2 Å². The number of aliphatic carboxylic acids is 1. The number of nitrogens with zero attached hydrogens (tertiary/aromatic N) is 2. The van der Waals surface area contributed by atoms with E-state index in [1.807, 2.05) is 41.3 Å². The molecule has 0 spiro atoms. The van der Waals surface area contributed by atoms with Crippen LogP contribution < -0.4 is 5.32 Å². The first-order chi connectivity index (χ1) is 17.4. The zero-order valence-electron chi connectivity index (χ0n) is 20.5. The van der Waals surface area contributed by atoms with Gasteiger partial charge >= 0.3 is 5.97 Å². The van der Waals surface area contributed by atoms with E-state index in [4.69, 9.17) is 0 Å². The van der Waals surface area contributed by atoms with E-state index < -0.39 is 11.9 Å². The summed E-state index contributed by atoms with van der Waals surface area (Å²) in [6, 6.07) is 18.0. The van der Waals surface area contributed by atoms with Gasteiger partial charge in [-0.15, -0.1) is 0 Å². The highest BCUT2D eigenvalue weighted by atomic mass is 16.4. The van der Waals surface area contributed by atoms with Crippen molar-refractivity contribution >= 4 is 17.8 Å². The molecule has 0 saturated carbocycles. The summed E-state index contributed by atoms with van der Waals surface area (Å²) in [5.41, 5.74) is 4.10. The highest BCUT2D eigenvalue weighted by Gasteiger charge is 2.39. The highest BCUT2D eigenvalue weighted by Crippen LogP contribution is 2.30. The van der Waals surface area contributed by atoms with Crippen molar-refractivity contribution in [2.75, 3.05) is 13.1 Å². The van der Waals surface area contributed by atoms with E-state index in [1.165, 1.54) is 5.56 Å². The fourth-order valence-corrected chi connectivity index (χ4v) is 5.48. The molecule has 2 aromatic rings. The molecule has 3 atom stereocenters. The quantitative estimate of drug-likeness (QED) is 0.530. The van der Waals surface area contributed by atoms with Crippen molar-refractivity contribution in [1.29, 1.82) is 5.26 Å². The van der Waals surface area contributed by atoms with Gasteiger partial charge in [-0.25, -0.2) is 0 Å². The van der Waals surface area contributed by atoms with E-state index in [-0.39, 0.29) is 30.2 Å². The Morgan fingerprint density at radius 3 is 2.69 bits per heavy atom. The predicted octanol–water partition coefficient (Wildman–Crippen LogP) is 3.76. The molecule has 2 aliphatic rings. The van der Waals surface area contributed by atoms with Crippen LogP contribution in [0.3, 0.4) is 0 Å². The molecule has 2 amide bonds. The molecule has 36 heavy (non-hydrogen) atoms. The van der Waals surface area contributed by atoms with Gasteiger partial charge in [0.05, 0.1) is 24.3 Å². The summed E-state index contributed by atoms with van der Waals surface area (Å²) in [6.07, 6.45) is 4.97. The van der Waals surface area contributed by atoms with Crippen molar-refractivity contribution in [3.63, 3.8) is 0 Å². The van der Waals surface area contributed by atoms with Gasteiger partial charge in [-0.1, -0.05) is 36.4 Å². The van der Waals surface area contributed by atoms with Crippen molar-refractivity contribution < 1.29 is 19.5 Å². The van der Waals surface area contributed by atoms with Crippen LogP contribution in [0.2, 0.25) is 0 Å². The second-order valence-corrected chi connectivity index (χ2v) is 9.90. The number of carboxylic acid groups (broad SMARTS) is 1. The molecule has 1 unspecified atom stereocenters. The number of carboxylic acids is 1. The van der Waals surface area contributed by atoms with E-state index in [0.29, 0.717) is 31.5 Å². The summed E-state index contributed by atoms with van der Waals surface area (Å²) in [5.74, 6) is -1.65. The number of hydrogen-bond acceptors (Lipinski definition) is 4. The second-order valence-electron chi connectivity index (χ2n) is 9.90. The number of carbonyl (C=O) groups is 3. The lowest BCUT2D eigenvalue weighted by Crippen LogP contribution is -2.37. The van der Waals surface area contributed by atoms with Crippen LogP contribution in [-0.2, 0) is 28.9 Å². The molecule has 7 heteroatoms. The monoisotopic (exact) mass is 487 g/mol. The standard InChI is InChI=1S/C29H33N3O4/c30-19-21-8-9-23-16-24(11-10-22(23)15-21)28(35)31-13-12-26-17-25(18-27(33)34)29(36)32(26)14-4-7-20-5-2-1-3-6-20/h1-3,5-6,10-11,16,21,25-26H,4,7-9,12-15,17-18H2,(H,31,35)(H,33,34)/t21?,25-,26+/m0/s1. The van der Waals surface area contributed by atoms with Gasteiger partial charge < -0.3 is 15.3 Å². The van der Waals surface area contributed by atoms with Crippen molar-refractivity contribution in [1.82, 2.24) is 10.2 Å². The van der Waals surface area contributed by atoms with Crippen LogP contribution in [0.15, 0.2) is 48.5 Å². The number of rotatable bonds is 10. The first-order valence-electron chi connectivity index (χ1n) is 12.8. The van der Waals surface area contributed by atoms with Gasteiger partial charge in [0.25, 0.3) is 5.91 Å². The Hall–Kier alpha value is -3.66. The Balaban J connectivity index is 1.32. The largest absolute Gasteiger partial charge is 0.481 e. The average Bonchev–Trinajstić information content (AvgIpc) is 3.17. The van der Waals surface area contributed by atoms with Gasteiger partial charge in [-0.2, -0.15) is 5.26 Å². The minimum Gasteiger partial charge on any atom is -0.481 e. The maximum absolute atomic E-state index is 12.9. The molecule has 0 bridgehead atoms. The maximum atomic E-state index is 12.9. The Bertz CT molecular complexity index is 1140. The van der Waals surface area contributed by atoms with Gasteiger partial charge in [0.1, 0.15) is 0 Å². The molecule has 1 heterocycles. The van der Waals surface area contributed by atoms with Gasteiger partial charge in [0.15, 0.2) is 0 Å². The second kappa shape index (κ2) is 11.9. The van der Waals surface area contributed by atoms with Crippen LogP contribution in [0.25, 0.3) is 0 Å². The van der Waals surface area contributed by atoms with Crippen molar-refractivity contribution in [3.05, 3.63) is 70.8 Å². The molecule has 188 valence electrons. The van der Waals surface area contributed by atoms with Crippen molar-refractivity contribution in [3.8, 4) is 6.07 Å². The number of aryl methyl sites for hydroxylation is 2. The molecule has 1 aliphatic heterocycles. The Morgan fingerprint density at radius 2 is 1.94 bits per heavy atom. The van der Waals surface area contributed by atoms with E-state index in [9.17, 15) is 24.8 Å². The number of nitriles is 1. The van der Waals surface area contributed by atoms with E-state index in [0.717, 1.165) is 43.2 Å². The van der Waals surface area contributed by atoms with Crippen molar-refractivity contribution in [2.24, 2.45) is 11.8 Å².